The first kappa shape index (κ1) is 40.4. The van der Waals surface area contributed by atoms with E-state index < -0.39 is 18.1 Å². The van der Waals surface area contributed by atoms with Gasteiger partial charge in [-0.3, -0.25) is 28.9 Å². The van der Waals surface area contributed by atoms with Crippen LogP contribution >= 0.6 is 11.3 Å². The van der Waals surface area contributed by atoms with Gasteiger partial charge < -0.3 is 25.0 Å². The Hall–Kier alpha value is -3.06. The van der Waals surface area contributed by atoms with Gasteiger partial charge in [0.05, 0.1) is 19.1 Å². The van der Waals surface area contributed by atoms with Crippen molar-refractivity contribution in [1.82, 2.24) is 25.4 Å². The van der Waals surface area contributed by atoms with Crippen molar-refractivity contribution >= 4 is 41.0 Å². The molecule has 0 aromatic carbocycles. The molecular weight excluding hydrogens is 646 g/mol. The number of likely N-dealkylation sites (tertiary alicyclic amines) is 1. The van der Waals surface area contributed by atoms with Crippen molar-refractivity contribution in [3.05, 3.63) is 16.1 Å². The Labute approximate surface area is 296 Å². The Balaban J connectivity index is 1.71. The number of hydrogen-bond donors (Lipinski definition) is 2. The maximum absolute atomic E-state index is 14.1. The number of hydrogen-bond acceptors (Lipinski definition) is 10. The van der Waals surface area contributed by atoms with Crippen molar-refractivity contribution in [2.24, 2.45) is 17.8 Å². The highest BCUT2D eigenvalue weighted by molar-refractivity contribution is 7.09. The van der Waals surface area contributed by atoms with Gasteiger partial charge in [-0.2, -0.15) is 0 Å². The molecule has 0 spiro atoms. The van der Waals surface area contributed by atoms with Gasteiger partial charge in [-0.15, -0.1) is 11.3 Å². The van der Waals surface area contributed by atoms with Crippen molar-refractivity contribution in [2.75, 3.05) is 27.2 Å². The highest BCUT2D eigenvalue weighted by Gasteiger charge is 2.37. The van der Waals surface area contributed by atoms with E-state index in [0.717, 1.165) is 45.2 Å². The molecule has 4 atom stereocenters. The molecule has 2 heterocycles. The van der Waals surface area contributed by atoms with Gasteiger partial charge in [0.1, 0.15) is 16.7 Å². The SMILES string of the molecule is CCCCN1CCCC[C@@H]1C(=O)N[C@H](C(=O)N(C)C(C[C@@H](OC(C)=O)c1nc(C(=O)NC2CCC(C(=O)OC)CC2)cs1)C(C)C)C(C)C. The summed E-state index contributed by atoms with van der Waals surface area (Å²) in [7, 11) is 3.13. The van der Waals surface area contributed by atoms with Gasteiger partial charge in [-0.25, -0.2) is 4.98 Å². The van der Waals surface area contributed by atoms with E-state index in [9.17, 15) is 24.0 Å². The second-order valence-electron chi connectivity index (χ2n) is 14.3. The molecule has 3 rings (SSSR count). The normalized spacial score (nSPS) is 21.8. The molecular formula is C36H59N5O7S. The lowest BCUT2D eigenvalue weighted by atomic mass is 9.86. The lowest BCUT2D eigenvalue weighted by Gasteiger charge is -2.38. The Morgan fingerprint density at radius 2 is 1.73 bits per heavy atom. The number of ether oxygens (including phenoxy) is 2. The first-order chi connectivity index (χ1) is 23.3. The van der Waals surface area contributed by atoms with Crippen LogP contribution in [0.15, 0.2) is 5.38 Å². The number of thiazole rings is 1. The number of piperidine rings is 1. The monoisotopic (exact) mass is 705 g/mol. The molecule has 1 unspecified atom stereocenters. The zero-order chi connectivity index (χ0) is 36.2. The van der Waals surface area contributed by atoms with Crippen molar-refractivity contribution in [3.63, 3.8) is 0 Å². The first-order valence-electron chi connectivity index (χ1n) is 18.1. The molecule has 1 aliphatic heterocycles. The van der Waals surface area contributed by atoms with Gasteiger partial charge in [-0.1, -0.05) is 47.5 Å². The number of carbonyl (C=O) groups is 5. The molecule has 3 amide bonds. The molecule has 13 heteroatoms. The van der Waals surface area contributed by atoms with Gasteiger partial charge >= 0.3 is 11.9 Å². The number of carbonyl (C=O) groups excluding carboxylic acids is 5. The lowest BCUT2D eigenvalue weighted by molar-refractivity contribution is -0.149. The fourth-order valence-electron chi connectivity index (χ4n) is 7.00. The molecule has 2 aliphatic rings. The molecule has 49 heavy (non-hydrogen) atoms. The summed E-state index contributed by atoms with van der Waals surface area (Å²) < 4.78 is 10.6. The van der Waals surface area contributed by atoms with Crippen LogP contribution in [0.2, 0.25) is 0 Å². The van der Waals surface area contributed by atoms with Crippen LogP contribution in [0.5, 0.6) is 0 Å². The van der Waals surface area contributed by atoms with Gasteiger partial charge in [0, 0.05) is 37.9 Å². The van der Waals surface area contributed by atoms with E-state index in [4.69, 9.17) is 9.47 Å². The lowest BCUT2D eigenvalue weighted by Crippen LogP contribution is -2.58. The van der Waals surface area contributed by atoms with Gasteiger partial charge in [-0.05, 0) is 69.9 Å². The molecule has 1 aromatic heterocycles. The van der Waals surface area contributed by atoms with E-state index in [1.165, 1.54) is 25.4 Å². The number of likely N-dealkylation sites (N-methyl/N-ethyl adjacent to an activating group) is 1. The zero-order valence-electron chi connectivity index (χ0n) is 30.8. The maximum Gasteiger partial charge on any atom is 0.308 e. The number of nitrogens with zero attached hydrogens (tertiary/aromatic N) is 3. The van der Waals surface area contributed by atoms with Crippen LogP contribution < -0.4 is 10.6 Å². The Bertz CT molecular complexity index is 1260. The molecule has 0 bridgehead atoms. The minimum Gasteiger partial charge on any atom is -0.469 e. The number of rotatable bonds is 16. The molecule has 0 radical (unpaired) electrons. The third-order valence-electron chi connectivity index (χ3n) is 9.95. The first-order valence-corrected chi connectivity index (χ1v) is 19.0. The summed E-state index contributed by atoms with van der Waals surface area (Å²) in [6.45, 7) is 13.1. The van der Waals surface area contributed by atoms with Crippen LogP contribution in [-0.2, 0) is 28.7 Å². The Morgan fingerprint density at radius 1 is 1.04 bits per heavy atom. The molecule has 2 N–H and O–H groups in total. The van der Waals surface area contributed by atoms with E-state index >= 15 is 0 Å². The van der Waals surface area contributed by atoms with Crippen LogP contribution in [0.4, 0.5) is 0 Å². The molecule has 1 aliphatic carbocycles. The summed E-state index contributed by atoms with van der Waals surface area (Å²) in [6, 6.07) is -1.37. The van der Waals surface area contributed by atoms with Crippen molar-refractivity contribution < 1.29 is 33.4 Å². The van der Waals surface area contributed by atoms with Gasteiger partial charge in [0.15, 0.2) is 6.10 Å². The number of aromatic nitrogens is 1. The summed E-state index contributed by atoms with van der Waals surface area (Å²) in [4.78, 5) is 73.5. The molecule has 2 fully saturated rings. The molecule has 12 nitrogen and oxygen atoms in total. The van der Waals surface area contributed by atoms with Crippen LogP contribution in [-0.4, -0.2) is 95.9 Å². The smallest absolute Gasteiger partial charge is 0.308 e. The summed E-state index contributed by atoms with van der Waals surface area (Å²) in [5.41, 5.74) is 0.232. The van der Waals surface area contributed by atoms with E-state index in [1.807, 2.05) is 27.7 Å². The quantitative estimate of drug-likeness (QED) is 0.230. The van der Waals surface area contributed by atoms with Crippen LogP contribution in [0, 0.1) is 17.8 Å². The van der Waals surface area contributed by atoms with E-state index in [2.05, 4.69) is 27.4 Å². The van der Waals surface area contributed by atoms with E-state index in [0.29, 0.717) is 30.7 Å². The predicted octanol–water partition coefficient (Wildman–Crippen LogP) is 4.88. The highest BCUT2D eigenvalue weighted by Crippen LogP contribution is 2.31. The maximum atomic E-state index is 14.1. The molecule has 1 saturated carbocycles. The number of methoxy groups -OCH3 is 1. The summed E-state index contributed by atoms with van der Waals surface area (Å²) in [5.74, 6) is -1.60. The second-order valence-corrected chi connectivity index (χ2v) is 15.2. The number of unbranched alkanes of at least 4 members (excludes halogenated alkanes) is 1. The minimum atomic E-state index is -0.774. The van der Waals surface area contributed by atoms with Crippen molar-refractivity contribution in [3.8, 4) is 0 Å². The second kappa shape index (κ2) is 19.4. The Morgan fingerprint density at radius 3 is 2.33 bits per heavy atom. The third-order valence-corrected chi connectivity index (χ3v) is 10.9. The molecule has 276 valence electrons. The van der Waals surface area contributed by atoms with E-state index in [1.54, 1.807) is 17.3 Å². The van der Waals surface area contributed by atoms with Crippen LogP contribution in [0.25, 0.3) is 0 Å². The van der Waals surface area contributed by atoms with Crippen molar-refractivity contribution in [2.45, 2.75) is 136 Å². The summed E-state index contributed by atoms with van der Waals surface area (Å²) in [5, 5.41) is 8.26. The van der Waals surface area contributed by atoms with Crippen LogP contribution in [0.3, 0.4) is 0 Å². The van der Waals surface area contributed by atoms with Gasteiger partial charge in [0.25, 0.3) is 5.91 Å². The van der Waals surface area contributed by atoms with E-state index in [-0.39, 0.29) is 71.7 Å². The van der Waals surface area contributed by atoms with Crippen LogP contribution in [0.1, 0.15) is 127 Å². The Kier molecular flexibility index (Phi) is 16.0. The number of amides is 3. The molecule has 1 saturated heterocycles. The average Bonchev–Trinajstić information content (AvgIpc) is 3.57. The fraction of sp³-hybridized carbons (Fsp3) is 0.778. The summed E-state index contributed by atoms with van der Waals surface area (Å²) in [6.07, 6.45) is 7.09. The summed E-state index contributed by atoms with van der Waals surface area (Å²) >= 11 is 1.24. The fourth-order valence-corrected chi connectivity index (χ4v) is 7.84. The number of esters is 2. The predicted molar refractivity (Wildman–Crippen MR) is 189 cm³/mol. The zero-order valence-corrected chi connectivity index (χ0v) is 31.6. The topological polar surface area (TPSA) is 147 Å². The minimum absolute atomic E-state index is 0.0127. The molecule has 1 aromatic rings. The largest absolute Gasteiger partial charge is 0.469 e. The standard InChI is InChI=1S/C36H59N5O7S/c1-9-10-18-41-19-12-11-13-28(41)33(44)39-31(23(4)5)35(45)40(7)29(22(2)3)20-30(48-24(6)42)34-38-27(21-49-34)32(43)37-26-16-14-25(15-17-26)36(46)47-8/h21-23,25-26,28-31H,9-20H2,1-8H3,(H,37,43)(H,39,44)/t25?,26?,28-,29?,30-,31+/m1/s1. The van der Waals surface area contributed by atoms with Gasteiger partial charge in [0.2, 0.25) is 11.8 Å². The highest BCUT2D eigenvalue weighted by atomic mass is 32.1. The van der Waals surface area contributed by atoms with Crippen molar-refractivity contribution in [1.29, 1.82) is 0 Å². The number of nitrogens with one attached hydrogen (secondary N) is 2. The third kappa shape index (κ3) is 11.5. The average molecular weight is 706 g/mol.